The van der Waals surface area contributed by atoms with Crippen LogP contribution in [0.25, 0.3) is 0 Å². The number of nitrogens with one attached hydrogen (secondary N) is 1. The van der Waals surface area contributed by atoms with Gasteiger partial charge in [0, 0.05) is 6.42 Å². The number of aliphatic hydroxyl groups is 5. The molecule has 0 aliphatic carbocycles. The Morgan fingerprint density at radius 1 is 0.545 bits per heavy atom. The summed E-state index contributed by atoms with van der Waals surface area (Å²) in [5, 5.41) is 54.2. The first-order valence-electron chi connectivity index (χ1n) is 23.7. The molecule has 0 aromatic carbocycles. The molecule has 6 N–H and O–H groups in total. The lowest BCUT2D eigenvalue weighted by atomic mass is 9.99. The maximum absolute atomic E-state index is 12.9. The standard InChI is InChI=1S/C46H91NO8/c1-3-5-7-9-11-13-14-15-16-17-18-19-20-21-22-23-24-25-26-28-30-32-34-36-42(50)47-39(40(49)35-33-31-29-27-12-10-8-6-4-2)38-54-46-45(53)44(52)43(51)41(37-48)55-46/h39-41,43-46,48-49,51-53H,3-38H2,1-2H3,(H,47,50)/t39-,40+,41+,43-,44?,45?,46+/m0/s1. The molecule has 1 fully saturated rings. The van der Waals surface area contributed by atoms with Gasteiger partial charge in [0.05, 0.1) is 25.4 Å². The van der Waals surface area contributed by atoms with Crippen LogP contribution in [0.2, 0.25) is 0 Å². The highest BCUT2D eigenvalue weighted by molar-refractivity contribution is 5.76. The first-order chi connectivity index (χ1) is 26.8. The van der Waals surface area contributed by atoms with Gasteiger partial charge >= 0.3 is 0 Å². The minimum Gasteiger partial charge on any atom is -0.394 e. The molecule has 2 unspecified atom stereocenters. The fourth-order valence-corrected chi connectivity index (χ4v) is 7.87. The molecule has 1 aliphatic heterocycles. The number of hydrogen-bond acceptors (Lipinski definition) is 8. The van der Waals surface area contributed by atoms with Crippen molar-refractivity contribution in [2.24, 2.45) is 0 Å². The second-order valence-electron chi connectivity index (χ2n) is 16.9. The Morgan fingerprint density at radius 2 is 0.909 bits per heavy atom. The van der Waals surface area contributed by atoms with E-state index < -0.39 is 49.5 Å². The summed E-state index contributed by atoms with van der Waals surface area (Å²) in [4.78, 5) is 12.9. The molecular formula is C46H91NO8. The predicted molar refractivity (Wildman–Crippen MR) is 226 cm³/mol. The number of aliphatic hydroxyl groups excluding tert-OH is 5. The lowest BCUT2D eigenvalue weighted by Crippen LogP contribution is -2.60. The van der Waals surface area contributed by atoms with Crippen molar-refractivity contribution in [3.8, 4) is 0 Å². The molecule has 9 nitrogen and oxygen atoms in total. The molecule has 0 radical (unpaired) electrons. The zero-order chi connectivity index (χ0) is 40.2. The van der Waals surface area contributed by atoms with Crippen LogP contribution in [0.15, 0.2) is 0 Å². The number of carbonyl (C=O) groups excluding carboxylic acids is 1. The van der Waals surface area contributed by atoms with Gasteiger partial charge in [-0.3, -0.25) is 4.79 Å². The number of amides is 1. The lowest BCUT2D eigenvalue weighted by Gasteiger charge is -2.40. The number of rotatable bonds is 40. The molecule has 0 aromatic heterocycles. The molecule has 0 saturated carbocycles. The van der Waals surface area contributed by atoms with E-state index in [0.717, 1.165) is 38.5 Å². The van der Waals surface area contributed by atoms with E-state index >= 15 is 0 Å². The van der Waals surface area contributed by atoms with Gasteiger partial charge < -0.3 is 40.3 Å². The maximum Gasteiger partial charge on any atom is 0.220 e. The van der Waals surface area contributed by atoms with Crippen LogP contribution in [0.1, 0.15) is 232 Å². The van der Waals surface area contributed by atoms with Crippen LogP contribution in [-0.4, -0.2) is 87.5 Å². The SMILES string of the molecule is CCCCCCCCCCCCCCCCCCCCCCCCCC(=O)N[C@@H](CO[C@@H]1O[C@H](CO)[C@H](O)C(O)C1O)[C@H](O)CCCCCCCCCCC. The number of unbranched alkanes of at least 4 members (excludes halogenated alkanes) is 30. The number of carbonyl (C=O) groups is 1. The molecule has 0 bridgehead atoms. The number of hydrogen-bond donors (Lipinski definition) is 6. The van der Waals surface area contributed by atoms with Gasteiger partial charge in [-0.05, 0) is 12.8 Å². The highest BCUT2D eigenvalue weighted by atomic mass is 16.7. The normalized spacial score (nSPS) is 21.2. The van der Waals surface area contributed by atoms with Crippen LogP contribution >= 0.6 is 0 Å². The molecule has 9 heteroatoms. The molecule has 328 valence electrons. The van der Waals surface area contributed by atoms with E-state index in [1.807, 2.05) is 0 Å². The third kappa shape index (κ3) is 28.3. The molecule has 0 spiro atoms. The third-order valence-corrected chi connectivity index (χ3v) is 11.7. The van der Waals surface area contributed by atoms with Gasteiger partial charge in [0.25, 0.3) is 0 Å². The summed E-state index contributed by atoms with van der Waals surface area (Å²) in [5.74, 6) is -0.142. The second kappa shape index (κ2) is 37.5. The Morgan fingerprint density at radius 3 is 1.29 bits per heavy atom. The van der Waals surface area contributed by atoms with E-state index in [1.54, 1.807) is 0 Å². The summed E-state index contributed by atoms with van der Waals surface area (Å²) in [6.07, 6.45) is 34.2. The van der Waals surface area contributed by atoms with Gasteiger partial charge in [0.15, 0.2) is 6.29 Å². The highest BCUT2D eigenvalue weighted by Crippen LogP contribution is 2.23. The predicted octanol–water partition coefficient (Wildman–Crippen LogP) is 9.95. The Hall–Kier alpha value is -0.810. The van der Waals surface area contributed by atoms with E-state index in [9.17, 15) is 30.3 Å². The maximum atomic E-state index is 12.9. The Balaban J connectivity index is 2.19. The van der Waals surface area contributed by atoms with E-state index in [-0.39, 0.29) is 12.5 Å². The van der Waals surface area contributed by atoms with Gasteiger partial charge in [-0.25, -0.2) is 0 Å². The fraction of sp³-hybridized carbons (Fsp3) is 0.978. The molecule has 0 aromatic rings. The largest absolute Gasteiger partial charge is 0.394 e. The van der Waals surface area contributed by atoms with Crippen molar-refractivity contribution < 1.29 is 39.8 Å². The van der Waals surface area contributed by atoms with E-state index in [1.165, 1.54) is 167 Å². The van der Waals surface area contributed by atoms with Gasteiger partial charge in [0.1, 0.15) is 24.4 Å². The number of ether oxygens (including phenoxy) is 2. The molecule has 1 heterocycles. The summed E-state index contributed by atoms with van der Waals surface area (Å²) in [6, 6.07) is -0.710. The van der Waals surface area contributed by atoms with Gasteiger partial charge in [-0.15, -0.1) is 0 Å². The minimum absolute atomic E-state index is 0.133. The summed E-state index contributed by atoms with van der Waals surface area (Å²) >= 11 is 0. The molecule has 1 saturated heterocycles. The van der Waals surface area contributed by atoms with Gasteiger partial charge in [-0.2, -0.15) is 0 Å². The van der Waals surface area contributed by atoms with Crippen LogP contribution < -0.4 is 5.32 Å². The average molecular weight is 786 g/mol. The van der Waals surface area contributed by atoms with E-state index in [4.69, 9.17) is 9.47 Å². The van der Waals surface area contributed by atoms with Crippen LogP contribution in [-0.2, 0) is 14.3 Å². The molecule has 1 aliphatic rings. The molecule has 1 amide bonds. The summed E-state index contributed by atoms with van der Waals surface area (Å²) < 4.78 is 11.2. The van der Waals surface area contributed by atoms with Crippen LogP contribution in [0, 0.1) is 0 Å². The van der Waals surface area contributed by atoms with Crippen molar-refractivity contribution in [3.05, 3.63) is 0 Å². The minimum atomic E-state index is -1.55. The topological polar surface area (TPSA) is 149 Å². The first kappa shape index (κ1) is 52.2. The lowest BCUT2D eigenvalue weighted by molar-refractivity contribution is -0.302. The molecule has 7 atom stereocenters. The zero-order valence-corrected chi connectivity index (χ0v) is 36.0. The summed E-state index contributed by atoms with van der Waals surface area (Å²) in [6.45, 7) is 3.82. The zero-order valence-electron chi connectivity index (χ0n) is 36.0. The smallest absolute Gasteiger partial charge is 0.220 e. The van der Waals surface area contributed by atoms with E-state index in [0.29, 0.717) is 12.8 Å². The first-order valence-corrected chi connectivity index (χ1v) is 23.7. The monoisotopic (exact) mass is 786 g/mol. The average Bonchev–Trinajstić information content (AvgIpc) is 3.18. The highest BCUT2D eigenvalue weighted by Gasteiger charge is 2.44. The summed E-state index contributed by atoms with van der Waals surface area (Å²) in [7, 11) is 0. The van der Waals surface area contributed by atoms with Crippen molar-refractivity contribution in [2.75, 3.05) is 13.2 Å². The molecule has 1 rings (SSSR count). The van der Waals surface area contributed by atoms with Crippen molar-refractivity contribution in [1.82, 2.24) is 5.32 Å². The Kier molecular flexibility index (Phi) is 35.6. The van der Waals surface area contributed by atoms with Crippen molar-refractivity contribution in [1.29, 1.82) is 0 Å². The van der Waals surface area contributed by atoms with Crippen molar-refractivity contribution in [3.63, 3.8) is 0 Å². The Bertz CT molecular complexity index is 832. The van der Waals surface area contributed by atoms with Crippen LogP contribution in [0.3, 0.4) is 0 Å². The van der Waals surface area contributed by atoms with Crippen LogP contribution in [0.5, 0.6) is 0 Å². The summed E-state index contributed by atoms with van der Waals surface area (Å²) in [5.41, 5.74) is 0. The molecule has 55 heavy (non-hydrogen) atoms. The van der Waals surface area contributed by atoms with Crippen molar-refractivity contribution >= 4 is 5.91 Å². The second-order valence-corrected chi connectivity index (χ2v) is 16.9. The van der Waals surface area contributed by atoms with Crippen LogP contribution in [0.4, 0.5) is 0 Å². The van der Waals surface area contributed by atoms with Gasteiger partial charge in [0.2, 0.25) is 5.91 Å². The van der Waals surface area contributed by atoms with E-state index in [2.05, 4.69) is 19.2 Å². The quantitative estimate of drug-likeness (QED) is 0.0337. The molecular weight excluding hydrogens is 695 g/mol. The Labute approximate surface area is 338 Å². The third-order valence-electron chi connectivity index (χ3n) is 11.7. The van der Waals surface area contributed by atoms with Gasteiger partial charge in [-0.1, -0.05) is 213 Å². The fourth-order valence-electron chi connectivity index (χ4n) is 7.87. The van der Waals surface area contributed by atoms with Crippen molar-refractivity contribution in [2.45, 2.75) is 275 Å².